The second-order valence-corrected chi connectivity index (χ2v) is 6.56. The van der Waals surface area contributed by atoms with Crippen molar-refractivity contribution in [3.8, 4) is 6.07 Å². The molecule has 1 aromatic carbocycles. The number of nitriles is 1. The topological polar surface area (TPSA) is 44.0 Å². The van der Waals surface area contributed by atoms with E-state index in [2.05, 4.69) is 12.1 Å². The summed E-state index contributed by atoms with van der Waals surface area (Å²) < 4.78 is 0. The van der Waals surface area contributed by atoms with Crippen LogP contribution in [0, 0.1) is 30.6 Å². The SMILES string of the molecule is Cc1cc(C)cc(C(C)(O)C2(C#N)CCCCCC2)c1. The van der Waals surface area contributed by atoms with Crippen molar-refractivity contribution in [2.24, 2.45) is 5.41 Å². The molecule has 20 heavy (non-hydrogen) atoms. The van der Waals surface area contributed by atoms with E-state index in [1.54, 1.807) is 0 Å². The predicted octanol–water partition coefficient (Wildman–Crippen LogP) is 4.38. The van der Waals surface area contributed by atoms with E-state index in [0.29, 0.717) is 0 Å². The maximum absolute atomic E-state index is 11.2. The molecule has 1 fully saturated rings. The summed E-state index contributed by atoms with van der Waals surface area (Å²) in [6.45, 7) is 5.91. The standard InChI is InChI=1S/C18H25NO/c1-14-10-15(2)12-16(11-14)17(3,20)18(13-19)8-6-4-5-7-9-18/h10-12,20H,4-9H2,1-3H3. The first kappa shape index (κ1) is 15.1. The van der Waals surface area contributed by atoms with Gasteiger partial charge >= 0.3 is 0 Å². The van der Waals surface area contributed by atoms with Crippen LogP contribution < -0.4 is 0 Å². The summed E-state index contributed by atoms with van der Waals surface area (Å²) in [5.74, 6) is 0. The molecule has 0 heterocycles. The van der Waals surface area contributed by atoms with Crippen LogP contribution in [0.2, 0.25) is 0 Å². The van der Waals surface area contributed by atoms with Crippen LogP contribution in [0.25, 0.3) is 0 Å². The molecule has 1 aliphatic carbocycles. The first-order valence-corrected chi connectivity index (χ1v) is 7.64. The van der Waals surface area contributed by atoms with Crippen LogP contribution in [0.3, 0.4) is 0 Å². The third-order valence-corrected chi connectivity index (χ3v) is 4.89. The molecule has 1 unspecified atom stereocenters. The van der Waals surface area contributed by atoms with E-state index in [1.165, 1.54) is 12.8 Å². The van der Waals surface area contributed by atoms with Crippen molar-refractivity contribution in [3.05, 3.63) is 34.9 Å². The van der Waals surface area contributed by atoms with Crippen molar-refractivity contribution >= 4 is 0 Å². The number of aliphatic hydroxyl groups is 1. The predicted molar refractivity (Wildman–Crippen MR) is 81.2 cm³/mol. The van der Waals surface area contributed by atoms with Crippen LogP contribution in [0.1, 0.15) is 62.1 Å². The molecule has 108 valence electrons. The van der Waals surface area contributed by atoms with Gasteiger partial charge in [-0.25, -0.2) is 0 Å². The highest BCUT2D eigenvalue weighted by molar-refractivity contribution is 5.35. The van der Waals surface area contributed by atoms with Crippen molar-refractivity contribution in [2.75, 3.05) is 0 Å². The van der Waals surface area contributed by atoms with Crippen LogP contribution >= 0.6 is 0 Å². The van der Waals surface area contributed by atoms with Gasteiger partial charge in [-0.2, -0.15) is 5.26 Å². The Morgan fingerprint density at radius 1 is 1.05 bits per heavy atom. The molecule has 2 heteroatoms. The first-order valence-electron chi connectivity index (χ1n) is 7.64. The molecule has 1 saturated carbocycles. The Morgan fingerprint density at radius 2 is 1.55 bits per heavy atom. The van der Waals surface area contributed by atoms with Crippen LogP contribution in [0.5, 0.6) is 0 Å². The Morgan fingerprint density at radius 3 is 2.00 bits per heavy atom. The second kappa shape index (κ2) is 5.58. The molecular formula is C18H25NO. The van der Waals surface area contributed by atoms with Gasteiger partial charge in [0.05, 0.1) is 11.5 Å². The molecule has 0 aliphatic heterocycles. The van der Waals surface area contributed by atoms with Crippen LogP contribution in [0.4, 0.5) is 0 Å². The number of rotatable bonds is 2. The quantitative estimate of drug-likeness (QED) is 0.811. The van der Waals surface area contributed by atoms with Crippen molar-refractivity contribution in [3.63, 3.8) is 0 Å². The van der Waals surface area contributed by atoms with Crippen molar-refractivity contribution in [1.29, 1.82) is 5.26 Å². The summed E-state index contributed by atoms with van der Waals surface area (Å²) >= 11 is 0. The smallest absolute Gasteiger partial charge is 0.105 e. The van der Waals surface area contributed by atoms with Crippen LogP contribution in [-0.2, 0) is 5.60 Å². The third-order valence-electron chi connectivity index (χ3n) is 4.89. The van der Waals surface area contributed by atoms with Gasteiger partial charge < -0.3 is 5.11 Å². The van der Waals surface area contributed by atoms with Crippen LogP contribution in [-0.4, -0.2) is 5.11 Å². The maximum atomic E-state index is 11.2. The zero-order valence-corrected chi connectivity index (χ0v) is 12.9. The molecule has 2 nitrogen and oxygen atoms in total. The molecule has 0 amide bonds. The molecule has 1 aliphatic rings. The minimum Gasteiger partial charge on any atom is -0.384 e. The average Bonchev–Trinajstić information content (AvgIpc) is 2.64. The van der Waals surface area contributed by atoms with Crippen molar-refractivity contribution < 1.29 is 5.11 Å². The maximum Gasteiger partial charge on any atom is 0.105 e. The molecule has 1 atom stereocenters. The molecule has 0 bridgehead atoms. The summed E-state index contributed by atoms with van der Waals surface area (Å²) in [4.78, 5) is 0. The lowest BCUT2D eigenvalue weighted by Gasteiger charge is -2.40. The number of hydrogen-bond acceptors (Lipinski definition) is 2. The minimum atomic E-state index is -1.08. The Hall–Kier alpha value is -1.33. The molecular weight excluding hydrogens is 246 g/mol. The fourth-order valence-electron chi connectivity index (χ4n) is 3.57. The average molecular weight is 271 g/mol. The molecule has 1 aromatic rings. The molecule has 0 saturated heterocycles. The van der Waals surface area contributed by atoms with Gasteiger partial charge in [-0.1, -0.05) is 55.0 Å². The highest BCUT2D eigenvalue weighted by Crippen LogP contribution is 2.48. The number of benzene rings is 1. The molecule has 1 N–H and O–H groups in total. The normalized spacial score (nSPS) is 21.6. The Labute approximate surface area is 122 Å². The van der Waals surface area contributed by atoms with Gasteiger partial charge in [0.1, 0.15) is 5.60 Å². The van der Waals surface area contributed by atoms with Crippen LogP contribution in [0.15, 0.2) is 18.2 Å². The molecule has 0 spiro atoms. The van der Waals surface area contributed by atoms with Crippen molar-refractivity contribution in [1.82, 2.24) is 0 Å². The lowest BCUT2D eigenvalue weighted by atomic mass is 9.65. The number of aryl methyl sites for hydroxylation is 2. The summed E-state index contributed by atoms with van der Waals surface area (Å²) in [6.07, 6.45) is 6.01. The highest BCUT2D eigenvalue weighted by Gasteiger charge is 2.48. The lowest BCUT2D eigenvalue weighted by Crippen LogP contribution is -2.42. The van der Waals surface area contributed by atoms with Gasteiger partial charge in [-0.3, -0.25) is 0 Å². The number of nitrogens with zero attached hydrogens (tertiary/aromatic N) is 1. The lowest BCUT2D eigenvalue weighted by molar-refractivity contribution is -0.0534. The molecule has 0 radical (unpaired) electrons. The van der Waals surface area contributed by atoms with Crippen molar-refractivity contribution in [2.45, 2.75) is 64.9 Å². The zero-order valence-electron chi connectivity index (χ0n) is 12.9. The van der Waals surface area contributed by atoms with E-state index < -0.39 is 11.0 Å². The second-order valence-electron chi connectivity index (χ2n) is 6.56. The minimum absolute atomic E-state index is 0.649. The largest absolute Gasteiger partial charge is 0.384 e. The van der Waals surface area contributed by atoms with Gasteiger partial charge in [-0.15, -0.1) is 0 Å². The van der Waals surface area contributed by atoms with Gasteiger partial charge in [0.25, 0.3) is 0 Å². The zero-order chi connectivity index (χ0) is 14.8. The Balaban J connectivity index is 2.47. The van der Waals surface area contributed by atoms with Gasteiger partial charge in [-0.05, 0) is 39.2 Å². The Bertz CT molecular complexity index is 496. The fraction of sp³-hybridized carbons (Fsp3) is 0.611. The summed E-state index contributed by atoms with van der Waals surface area (Å²) in [7, 11) is 0. The fourth-order valence-corrected chi connectivity index (χ4v) is 3.57. The summed E-state index contributed by atoms with van der Waals surface area (Å²) in [6, 6.07) is 8.64. The van der Waals surface area contributed by atoms with Gasteiger partial charge in [0, 0.05) is 0 Å². The van der Waals surface area contributed by atoms with E-state index in [-0.39, 0.29) is 0 Å². The Kier molecular flexibility index (Phi) is 4.20. The van der Waals surface area contributed by atoms with E-state index in [1.807, 2.05) is 32.9 Å². The summed E-state index contributed by atoms with van der Waals surface area (Å²) in [5.41, 5.74) is 1.44. The number of hydrogen-bond donors (Lipinski definition) is 1. The highest BCUT2D eigenvalue weighted by atomic mass is 16.3. The first-order chi connectivity index (χ1) is 9.41. The van der Waals surface area contributed by atoms with E-state index in [9.17, 15) is 10.4 Å². The third kappa shape index (κ3) is 2.60. The van der Waals surface area contributed by atoms with E-state index in [4.69, 9.17) is 0 Å². The monoisotopic (exact) mass is 271 g/mol. The molecule has 0 aromatic heterocycles. The summed E-state index contributed by atoms with van der Waals surface area (Å²) in [5, 5.41) is 21.0. The van der Waals surface area contributed by atoms with Gasteiger partial charge in [0.15, 0.2) is 0 Å². The van der Waals surface area contributed by atoms with Gasteiger partial charge in [0.2, 0.25) is 0 Å². The molecule has 2 rings (SSSR count). The van der Waals surface area contributed by atoms with E-state index >= 15 is 0 Å². The van der Waals surface area contributed by atoms with E-state index in [0.717, 1.165) is 42.4 Å².